The zero-order chi connectivity index (χ0) is 31.4. The molecule has 0 aliphatic rings. The van der Waals surface area contributed by atoms with Crippen LogP contribution in [-0.2, 0) is 12.8 Å². The average molecular weight is 610 g/mol. The largest absolute Gasteiger partial charge is 0.0654 e. The van der Waals surface area contributed by atoms with Crippen LogP contribution in [0.15, 0.2) is 18.2 Å². The highest BCUT2D eigenvalue weighted by Gasteiger charge is 2.03. The van der Waals surface area contributed by atoms with Gasteiger partial charge in [0.15, 0.2) is 0 Å². The Morgan fingerprint density at radius 1 is 0.341 bits per heavy atom. The molecule has 0 fully saturated rings. The van der Waals surface area contributed by atoms with Crippen molar-refractivity contribution in [1.29, 1.82) is 0 Å². The lowest BCUT2D eigenvalue weighted by molar-refractivity contribution is 0.526. The molecule has 0 amide bonds. The molecule has 0 aliphatic heterocycles. The highest BCUT2D eigenvalue weighted by molar-refractivity contribution is 5.26. The van der Waals surface area contributed by atoms with E-state index < -0.39 is 0 Å². The van der Waals surface area contributed by atoms with Gasteiger partial charge in [-0.25, -0.2) is 0 Å². The van der Waals surface area contributed by atoms with E-state index in [1.54, 1.807) is 5.56 Å². The Morgan fingerprint density at radius 3 is 0.932 bits per heavy atom. The molecule has 0 N–H and O–H groups in total. The summed E-state index contributed by atoms with van der Waals surface area (Å²) in [4.78, 5) is 0. The van der Waals surface area contributed by atoms with Gasteiger partial charge in [-0.2, -0.15) is 0 Å². The summed E-state index contributed by atoms with van der Waals surface area (Å²) < 4.78 is 0. The van der Waals surface area contributed by atoms with Crippen LogP contribution in [0.25, 0.3) is 0 Å². The number of hydrogen-bond donors (Lipinski definition) is 0. The molecule has 1 aromatic carbocycles. The number of aryl methyl sites for hydroxylation is 2. The highest BCUT2D eigenvalue weighted by atomic mass is 14.1. The number of unbranched alkanes of at least 4 members (excludes halogenated alkanes) is 32. The predicted molar refractivity (Wildman–Crippen MR) is 201 cm³/mol. The maximum absolute atomic E-state index is 3.60. The second kappa shape index (κ2) is 35.1. The first kappa shape index (κ1) is 41.2. The molecule has 0 saturated heterocycles. The van der Waals surface area contributed by atoms with Gasteiger partial charge < -0.3 is 0 Å². The third kappa shape index (κ3) is 28.7. The maximum atomic E-state index is 3.60. The van der Waals surface area contributed by atoms with Crippen molar-refractivity contribution in [2.45, 2.75) is 245 Å². The number of rotatable bonds is 36. The molecule has 0 atom stereocenters. The van der Waals surface area contributed by atoms with Crippen molar-refractivity contribution in [3.8, 4) is 0 Å². The Bertz CT molecular complexity index is 603. The molecular formula is C44H81. The molecule has 1 radical (unpaired) electrons. The number of benzene rings is 1. The van der Waals surface area contributed by atoms with Crippen molar-refractivity contribution >= 4 is 0 Å². The molecule has 0 aliphatic carbocycles. The van der Waals surface area contributed by atoms with E-state index in [0.717, 1.165) is 0 Å². The van der Waals surface area contributed by atoms with Crippen LogP contribution in [0, 0.1) is 6.07 Å². The summed E-state index contributed by atoms with van der Waals surface area (Å²) in [5.74, 6) is 0. The predicted octanol–water partition coefficient (Wildman–Crippen LogP) is 15.9. The van der Waals surface area contributed by atoms with E-state index >= 15 is 0 Å². The van der Waals surface area contributed by atoms with Crippen molar-refractivity contribution in [3.05, 3.63) is 35.4 Å². The van der Waals surface area contributed by atoms with Gasteiger partial charge in [-0.1, -0.05) is 238 Å². The Kier molecular flexibility index (Phi) is 32.9. The van der Waals surface area contributed by atoms with Crippen molar-refractivity contribution in [2.75, 3.05) is 0 Å². The standard InChI is InChI=1S/C44H81/c1-3-5-7-9-11-13-15-17-19-21-23-25-27-29-31-33-35-39-43-41-37-38-42-44(43)40-36-34-32-30-28-26-24-22-20-18-16-14-12-10-8-6-4-2/h37-38,41H,3-36,39-40H2,1-2H3. The lowest BCUT2D eigenvalue weighted by Crippen LogP contribution is -1.96. The molecule has 0 unspecified atom stereocenters. The van der Waals surface area contributed by atoms with Crippen molar-refractivity contribution in [3.63, 3.8) is 0 Å². The molecule has 0 aromatic heterocycles. The molecule has 0 nitrogen and oxygen atoms in total. The van der Waals surface area contributed by atoms with E-state index in [1.807, 2.05) is 0 Å². The fraction of sp³-hybridized carbons (Fsp3) is 0.864. The summed E-state index contributed by atoms with van der Waals surface area (Å²) in [6.45, 7) is 4.62. The molecule has 0 saturated carbocycles. The summed E-state index contributed by atoms with van der Waals surface area (Å²) in [7, 11) is 0. The first-order valence-electron chi connectivity index (χ1n) is 20.9. The molecule has 0 spiro atoms. The minimum atomic E-state index is 1.24. The second-order valence-corrected chi connectivity index (χ2v) is 14.5. The first-order valence-corrected chi connectivity index (χ1v) is 20.9. The van der Waals surface area contributed by atoms with Gasteiger partial charge in [0.1, 0.15) is 0 Å². The van der Waals surface area contributed by atoms with Crippen LogP contribution in [0.4, 0.5) is 0 Å². The van der Waals surface area contributed by atoms with E-state index in [4.69, 9.17) is 0 Å². The Hall–Kier alpha value is -0.780. The van der Waals surface area contributed by atoms with Crippen LogP contribution in [0.5, 0.6) is 0 Å². The number of hydrogen-bond acceptors (Lipinski definition) is 0. The first-order chi connectivity index (χ1) is 21.9. The minimum Gasteiger partial charge on any atom is -0.0654 e. The Balaban J connectivity index is 1.87. The molecule has 1 rings (SSSR count). The third-order valence-corrected chi connectivity index (χ3v) is 10.1. The normalized spacial score (nSPS) is 11.5. The summed E-state index contributed by atoms with van der Waals surface area (Å²) in [6, 6.07) is 10.3. The summed E-state index contributed by atoms with van der Waals surface area (Å²) in [6.07, 6.45) is 51.8. The van der Waals surface area contributed by atoms with E-state index in [0.29, 0.717) is 0 Å². The maximum Gasteiger partial charge on any atom is -0.0146 e. The van der Waals surface area contributed by atoms with Gasteiger partial charge in [-0.15, -0.1) is 0 Å². The molecule has 257 valence electrons. The minimum absolute atomic E-state index is 1.24. The molecule has 1 aromatic rings. The highest BCUT2D eigenvalue weighted by Crippen LogP contribution is 2.19. The van der Waals surface area contributed by atoms with Gasteiger partial charge in [-0.3, -0.25) is 0 Å². The van der Waals surface area contributed by atoms with Gasteiger partial charge in [0.25, 0.3) is 0 Å². The summed E-state index contributed by atoms with van der Waals surface area (Å²) in [5, 5.41) is 0. The van der Waals surface area contributed by atoms with Crippen molar-refractivity contribution in [2.24, 2.45) is 0 Å². The second-order valence-electron chi connectivity index (χ2n) is 14.5. The van der Waals surface area contributed by atoms with Crippen LogP contribution in [0.2, 0.25) is 0 Å². The van der Waals surface area contributed by atoms with Gasteiger partial charge >= 0.3 is 0 Å². The Labute approximate surface area is 279 Å². The lowest BCUT2D eigenvalue weighted by Gasteiger charge is -2.09. The quantitative estimate of drug-likeness (QED) is 0.0664. The van der Waals surface area contributed by atoms with Crippen LogP contribution < -0.4 is 0 Å². The molecule has 0 bridgehead atoms. The molecule has 0 heterocycles. The molecule has 44 heavy (non-hydrogen) atoms. The summed E-state index contributed by atoms with van der Waals surface area (Å²) in [5.41, 5.74) is 3.11. The van der Waals surface area contributed by atoms with E-state index in [9.17, 15) is 0 Å². The van der Waals surface area contributed by atoms with Crippen LogP contribution >= 0.6 is 0 Å². The molecular weight excluding hydrogens is 528 g/mol. The fourth-order valence-corrected chi connectivity index (χ4v) is 7.04. The summed E-state index contributed by atoms with van der Waals surface area (Å²) >= 11 is 0. The van der Waals surface area contributed by atoms with Crippen LogP contribution in [0.3, 0.4) is 0 Å². The zero-order valence-corrected chi connectivity index (χ0v) is 30.7. The van der Waals surface area contributed by atoms with E-state index in [1.165, 1.54) is 237 Å². The SMILES string of the molecule is CCCCCCCCCCCCCCCCCCCc1[c]cccc1CCCCCCCCCCCCCCCCCCC. The zero-order valence-electron chi connectivity index (χ0n) is 30.7. The van der Waals surface area contributed by atoms with Gasteiger partial charge in [-0.05, 0) is 42.9 Å². The smallest absolute Gasteiger partial charge is 0.0146 e. The van der Waals surface area contributed by atoms with Gasteiger partial charge in [0, 0.05) is 0 Å². The van der Waals surface area contributed by atoms with Gasteiger partial charge in [0.2, 0.25) is 0 Å². The van der Waals surface area contributed by atoms with Crippen molar-refractivity contribution in [1.82, 2.24) is 0 Å². The van der Waals surface area contributed by atoms with E-state index in [2.05, 4.69) is 38.1 Å². The third-order valence-electron chi connectivity index (χ3n) is 10.1. The van der Waals surface area contributed by atoms with E-state index in [-0.39, 0.29) is 0 Å². The molecule has 0 heteroatoms. The Morgan fingerprint density at radius 2 is 0.614 bits per heavy atom. The van der Waals surface area contributed by atoms with Crippen LogP contribution in [0.1, 0.15) is 243 Å². The van der Waals surface area contributed by atoms with Crippen LogP contribution in [-0.4, -0.2) is 0 Å². The lowest BCUT2D eigenvalue weighted by atomic mass is 9.96. The average Bonchev–Trinajstić information content (AvgIpc) is 3.04. The topological polar surface area (TPSA) is 0 Å². The van der Waals surface area contributed by atoms with Crippen molar-refractivity contribution < 1.29 is 0 Å². The fourth-order valence-electron chi connectivity index (χ4n) is 7.04. The van der Waals surface area contributed by atoms with Gasteiger partial charge in [0.05, 0.1) is 0 Å². The monoisotopic (exact) mass is 610 g/mol.